The Bertz CT molecular complexity index is 842. The van der Waals surface area contributed by atoms with Crippen molar-refractivity contribution in [2.45, 2.75) is 37.4 Å². The van der Waals surface area contributed by atoms with Crippen molar-refractivity contribution in [2.75, 3.05) is 6.54 Å². The molecule has 1 aromatic heterocycles. The highest BCUT2D eigenvalue weighted by atomic mass is 32.2. The molecular formula is C18H22FN5O3S. The van der Waals surface area contributed by atoms with E-state index in [0.29, 0.717) is 24.1 Å². The molecule has 2 rings (SSSR count). The molecule has 0 aliphatic rings. The van der Waals surface area contributed by atoms with Gasteiger partial charge in [-0.15, -0.1) is 16.8 Å². The van der Waals surface area contributed by atoms with Crippen LogP contribution in [0.3, 0.4) is 0 Å². The standard InChI is InChI=1S/C18H22FN5O3S/c1-4-10-24-15(11-27-14-9-7-6-8-13(14)19)22-23-18(24)28-12(3)16(25)21-17(26)20-5-2/h4,6-9,12H,1,5,10-11H2,2-3H3,(H2,20,21,25,26)/t12-/m1/s1. The fourth-order valence-electron chi connectivity index (χ4n) is 2.16. The molecule has 1 aromatic carbocycles. The second-order valence-electron chi connectivity index (χ2n) is 5.63. The second kappa shape index (κ2) is 10.5. The highest BCUT2D eigenvalue weighted by Gasteiger charge is 2.21. The lowest BCUT2D eigenvalue weighted by Gasteiger charge is -2.13. The minimum absolute atomic E-state index is 0.00180. The summed E-state index contributed by atoms with van der Waals surface area (Å²) in [5.74, 6) is -0.350. The summed E-state index contributed by atoms with van der Waals surface area (Å²) in [6.07, 6.45) is 1.65. The number of carbonyl (C=O) groups is 2. The molecule has 0 saturated heterocycles. The Labute approximate surface area is 166 Å². The van der Waals surface area contributed by atoms with Crippen LogP contribution in [0.2, 0.25) is 0 Å². The Morgan fingerprint density at radius 3 is 2.82 bits per heavy atom. The average Bonchev–Trinajstić information content (AvgIpc) is 3.03. The number of nitrogens with zero attached hydrogens (tertiary/aromatic N) is 3. The molecule has 10 heteroatoms. The van der Waals surface area contributed by atoms with Gasteiger partial charge in [-0.25, -0.2) is 9.18 Å². The lowest BCUT2D eigenvalue weighted by molar-refractivity contribution is -0.119. The third kappa shape index (κ3) is 5.81. The Kier molecular flexibility index (Phi) is 8.00. The Balaban J connectivity index is 2.06. The van der Waals surface area contributed by atoms with Gasteiger partial charge >= 0.3 is 6.03 Å². The maximum atomic E-state index is 13.7. The molecule has 1 heterocycles. The maximum absolute atomic E-state index is 13.7. The highest BCUT2D eigenvalue weighted by Crippen LogP contribution is 2.24. The Morgan fingerprint density at radius 2 is 2.14 bits per heavy atom. The van der Waals surface area contributed by atoms with Crippen molar-refractivity contribution in [1.82, 2.24) is 25.4 Å². The molecule has 1 atom stereocenters. The fourth-order valence-corrected chi connectivity index (χ4v) is 3.04. The summed E-state index contributed by atoms with van der Waals surface area (Å²) in [5, 5.41) is 12.8. The van der Waals surface area contributed by atoms with E-state index >= 15 is 0 Å². The normalized spacial score (nSPS) is 11.5. The number of amides is 3. The number of rotatable bonds is 9. The molecule has 0 unspecified atom stereocenters. The summed E-state index contributed by atoms with van der Waals surface area (Å²) < 4.78 is 20.9. The number of halogens is 1. The molecule has 0 radical (unpaired) electrons. The third-order valence-corrected chi connectivity index (χ3v) is 4.60. The molecule has 2 N–H and O–H groups in total. The quantitative estimate of drug-likeness (QED) is 0.490. The topological polar surface area (TPSA) is 98.1 Å². The van der Waals surface area contributed by atoms with E-state index in [1.807, 2.05) is 0 Å². The number of hydrogen-bond donors (Lipinski definition) is 2. The van der Waals surface area contributed by atoms with Crippen molar-refractivity contribution in [1.29, 1.82) is 0 Å². The lowest BCUT2D eigenvalue weighted by atomic mass is 10.3. The monoisotopic (exact) mass is 407 g/mol. The van der Waals surface area contributed by atoms with Gasteiger partial charge < -0.3 is 10.1 Å². The van der Waals surface area contributed by atoms with E-state index in [-0.39, 0.29) is 12.4 Å². The van der Waals surface area contributed by atoms with Gasteiger partial charge in [-0.05, 0) is 26.0 Å². The second-order valence-corrected chi connectivity index (χ2v) is 6.93. The minimum Gasteiger partial charge on any atom is -0.483 e. The number of imide groups is 1. The first-order chi connectivity index (χ1) is 13.5. The number of carbonyl (C=O) groups excluding carboxylic acids is 2. The van der Waals surface area contributed by atoms with Gasteiger partial charge in [0.1, 0.15) is 6.61 Å². The number of allylic oxidation sites excluding steroid dienone is 1. The molecule has 0 saturated carbocycles. The van der Waals surface area contributed by atoms with Crippen LogP contribution in [0.15, 0.2) is 42.1 Å². The van der Waals surface area contributed by atoms with E-state index in [2.05, 4.69) is 27.4 Å². The van der Waals surface area contributed by atoms with Crippen LogP contribution < -0.4 is 15.4 Å². The molecule has 28 heavy (non-hydrogen) atoms. The molecule has 0 aliphatic heterocycles. The molecule has 8 nitrogen and oxygen atoms in total. The van der Waals surface area contributed by atoms with Gasteiger partial charge in [0.15, 0.2) is 22.5 Å². The molecule has 0 spiro atoms. The van der Waals surface area contributed by atoms with Crippen molar-refractivity contribution in [3.05, 3.63) is 48.6 Å². The van der Waals surface area contributed by atoms with E-state index in [1.54, 1.807) is 36.6 Å². The summed E-state index contributed by atoms with van der Waals surface area (Å²) in [7, 11) is 0. The molecule has 3 amide bonds. The fraction of sp³-hybridized carbons (Fsp3) is 0.333. The van der Waals surface area contributed by atoms with Crippen molar-refractivity contribution in [3.8, 4) is 5.75 Å². The molecule has 0 bridgehead atoms. The van der Waals surface area contributed by atoms with Crippen LogP contribution in [0, 0.1) is 5.82 Å². The van der Waals surface area contributed by atoms with Crippen LogP contribution in [-0.2, 0) is 17.9 Å². The van der Waals surface area contributed by atoms with Crippen molar-refractivity contribution >= 4 is 23.7 Å². The van der Waals surface area contributed by atoms with E-state index in [1.165, 1.54) is 12.1 Å². The number of nitrogens with one attached hydrogen (secondary N) is 2. The average molecular weight is 407 g/mol. The van der Waals surface area contributed by atoms with Gasteiger partial charge in [-0.1, -0.05) is 30.0 Å². The van der Waals surface area contributed by atoms with E-state index in [0.717, 1.165) is 11.8 Å². The van der Waals surface area contributed by atoms with Crippen LogP contribution in [0.25, 0.3) is 0 Å². The van der Waals surface area contributed by atoms with Gasteiger partial charge in [0.05, 0.1) is 5.25 Å². The van der Waals surface area contributed by atoms with Crippen molar-refractivity contribution < 1.29 is 18.7 Å². The van der Waals surface area contributed by atoms with Crippen molar-refractivity contribution in [3.63, 3.8) is 0 Å². The Morgan fingerprint density at radius 1 is 1.39 bits per heavy atom. The van der Waals surface area contributed by atoms with E-state index < -0.39 is 23.0 Å². The number of ether oxygens (including phenoxy) is 1. The summed E-state index contributed by atoms with van der Waals surface area (Å²) in [6, 6.07) is 5.52. The Hall–Kier alpha value is -2.88. The van der Waals surface area contributed by atoms with E-state index in [9.17, 15) is 14.0 Å². The molecule has 2 aromatic rings. The number of para-hydroxylation sites is 1. The first-order valence-electron chi connectivity index (χ1n) is 8.61. The minimum atomic E-state index is -0.587. The van der Waals surface area contributed by atoms with Crippen molar-refractivity contribution in [2.24, 2.45) is 0 Å². The SMILES string of the molecule is C=CCn1c(COc2ccccc2F)nnc1S[C@H](C)C(=O)NC(=O)NCC. The van der Waals surface area contributed by atoms with Crippen LogP contribution in [-0.4, -0.2) is 38.5 Å². The summed E-state index contributed by atoms with van der Waals surface area (Å²) in [6.45, 7) is 7.92. The van der Waals surface area contributed by atoms with Crippen LogP contribution in [0.1, 0.15) is 19.7 Å². The number of benzene rings is 1. The lowest BCUT2D eigenvalue weighted by Crippen LogP contribution is -2.42. The molecule has 150 valence electrons. The molecule has 0 aliphatic carbocycles. The van der Waals surface area contributed by atoms with E-state index in [4.69, 9.17) is 4.74 Å². The molecule has 0 fully saturated rings. The molecular weight excluding hydrogens is 385 g/mol. The van der Waals surface area contributed by atoms with Gasteiger partial charge in [-0.2, -0.15) is 0 Å². The predicted octanol–water partition coefficient (Wildman–Crippen LogP) is 2.51. The van der Waals surface area contributed by atoms with Gasteiger partial charge in [0.2, 0.25) is 5.91 Å². The largest absolute Gasteiger partial charge is 0.483 e. The third-order valence-electron chi connectivity index (χ3n) is 3.52. The smallest absolute Gasteiger partial charge is 0.321 e. The number of urea groups is 1. The zero-order valence-corrected chi connectivity index (χ0v) is 16.5. The first-order valence-corrected chi connectivity index (χ1v) is 9.49. The highest BCUT2D eigenvalue weighted by molar-refractivity contribution is 8.00. The predicted molar refractivity (Wildman–Crippen MR) is 103 cm³/mol. The first kappa shape index (κ1) is 21.4. The zero-order chi connectivity index (χ0) is 20.5. The maximum Gasteiger partial charge on any atom is 0.321 e. The summed E-state index contributed by atoms with van der Waals surface area (Å²) >= 11 is 1.14. The number of thioether (sulfide) groups is 1. The van der Waals surface area contributed by atoms with Crippen LogP contribution in [0.5, 0.6) is 5.75 Å². The van der Waals surface area contributed by atoms with Crippen LogP contribution >= 0.6 is 11.8 Å². The van der Waals surface area contributed by atoms with Gasteiger partial charge in [-0.3, -0.25) is 14.7 Å². The number of hydrogen-bond acceptors (Lipinski definition) is 6. The van der Waals surface area contributed by atoms with Crippen LogP contribution in [0.4, 0.5) is 9.18 Å². The zero-order valence-electron chi connectivity index (χ0n) is 15.6. The number of aromatic nitrogens is 3. The van der Waals surface area contributed by atoms with Gasteiger partial charge in [0, 0.05) is 13.1 Å². The summed E-state index contributed by atoms with van der Waals surface area (Å²) in [4.78, 5) is 23.6. The summed E-state index contributed by atoms with van der Waals surface area (Å²) in [5.41, 5.74) is 0. The van der Waals surface area contributed by atoms with Gasteiger partial charge in [0.25, 0.3) is 0 Å².